The zero-order valence-electron chi connectivity index (χ0n) is 9.37. The smallest absolute Gasteiger partial charge is 0.342 e. The second-order valence-electron chi connectivity index (χ2n) is 3.88. The van der Waals surface area contributed by atoms with E-state index in [9.17, 15) is 15.0 Å². The number of aromatic hydroxyl groups is 1. The highest BCUT2D eigenvalue weighted by atomic mass is 16.4. The van der Waals surface area contributed by atoms with Gasteiger partial charge in [-0.1, -0.05) is 6.92 Å². The van der Waals surface area contributed by atoms with Crippen LogP contribution in [0.3, 0.4) is 0 Å². The minimum atomic E-state index is -0.631. The van der Waals surface area contributed by atoms with Crippen LogP contribution in [0, 0.1) is 13.8 Å². The lowest BCUT2D eigenvalue weighted by atomic mass is 9.98. The topological polar surface area (TPSA) is 70.7 Å². The summed E-state index contributed by atoms with van der Waals surface area (Å²) in [6, 6.07) is 0. The first-order chi connectivity index (χ1) is 6.86. The van der Waals surface area contributed by atoms with Crippen LogP contribution >= 0.6 is 0 Å². The van der Waals surface area contributed by atoms with E-state index in [0.29, 0.717) is 11.3 Å². The van der Waals surface area contributed by atoms with Crippen molar-refractivity contribution in [2.45, 2.75) is 39.7 Å². The van der Waals surface area contributed by atoms with E-state index in [1.807, 2.05) is 0 Å². The fraction of sp³-hybridized carbons (Fsp3) is 0.545. The first kappa shape index (κ1) is 11.8. The quantitative estimate of drug-likeness (QED) is 0.778. The molecule has 0 bridgehead atoms. The average Bonchev–Trinajstić information content (AvgIpc) is 2.19. The van der Waals surface area contributed by atoms with Crippen molar-refractivity contribution in [1.29, 1.82) is 0 Å². The number of aliphatic hydroxyl groups excluding tert-OH is 1. The Bertz CT molecular complexity index is 417. The molecule has 0 aliphatic carbocycles. The van der Waals surface area contributed by atoms with E-state index in [-0.39, 0.29) is 17.2 Å². The first-order valence-corrected chi connectivity index (χ1v) is 4.87. The third-order valence-corrected chi connectivity index (χ3v) is 2.73. The Hall–Kier alpha value is -1.29. The van der Waals surface area contributed by atoms with Gasteiger partial charge in [-0.05, 0) is 20.8 Å². The van der Waals surface area contributed by atoms with Gasteiger partial charge in [-0.2, -0.15) is 0 Å². The van der Waals surface area contributed by atoms with Crippen molar-refractivity contribution in [3.8, 4) is 5.75 Å². The number of hydrogen-bond donors (Lipinski definition) is 2. The highest BCUT2D eigenvalue weighted by Gasteiger charge is 2.21. The molecule has 0 amide bonds. The molecule has 0 saturated carbocycles. The fourth-order valence-corrected chi connectivity index (χ4v) is 1.40. The lowest BCUT2D eigenvalue weighted by Crippen LogP contribution is -2.16. The molecule has 15 heavy (non-hydrogen) atoms. The largest absolute Gasteiger partial charge is 0.507 e. The van der Waals surface area contributed by atoms with Crippen LogP contribution in [-0.2, 0) is 0 Å². The summed E-state index contributed by atoms with van der Waals surface area (Å²) < 4.78 is 5.07. The van der Waals surface area contributed by atoms with Gasteiger partial charge in [0.15, 0.2) is 0 Å². The Morgan fingerprint density at radius 1 is 1.20 bits per heavy atom. The molecule has 0 radical (unpaired) electrons. The summed E-state index contributed by atoms with van der Waals surface area (Å²) in [4.78, 5) is 11.3. The zero-order valence-corrected chi connectivity index (χ0v) is 9.37. The van der Waals surface area contributed by atoms with Gasteiger partial charge in [-0.15, -0.1) is 0 Å². The van der Waals surface area contributed by atoms with E-state index in [1.165, 1.54) is 6.92 Å². The third-order valence-electron chi connectivity index (χ3n) is 2.73. The number of aliphatic hydroxyl groups is 1. The Morgan fingerprint density at radius 3 is 2.20 bits per heavy atom. The summed E-state index contributed by atoms with van der Waals surface area (Å²) in [7, 11) is 0. The van der Waals surface area contributed by atoms with E-state index in [2.05, 4.69) is 0 Å². The Labute approximate surface area is 88.2 Å². The van der Waals surface area contributed by atoms with E-state index < -0.39 is 11.7 Å². The van der Waals surface area contributed by atoms with Crippen LogP contribution in [0.25, 0.3) is 0 Å². The standard InChI is InChI=1S/C11H16O4/c1-5(8(4)12)10-6(2)9(13)7(3)11(14)15-10/h5,8,12-13H,1-4H3. The van der Waals surface area contributed by atoms with Gasteiger partial charge in [-0.3, -0.25) is 0 Å². The van der Waals surface area contributed by atoms with Crippen LogP contribution in [0.15, 0.2) is 9.21 Å². The maximum atomic E-state index is 11.3. The van der Waals surface area contributed by atoms with Crippen molar-refractivity contribution in [3.63, 3.8) is 0 Å². The van der Waals surface area contributed by atoms with Gasteiger partial charge in [0.25, 0.3) is 0 Å². The maximum Gasteiger partial charge on any atom is 0.342 e. The van der Waals surface area contributed by atoms with E-state index in [4.69, 9.17) is 4.42 Å². The van der Waals surface area contributed by atoms with Crippen molar-refractivity contribution in [1.82, 2.24) is 0 Å². The Balaban J connectivity index is 3.39. The molecule has 84 valence electrons. The summed E-state index contributed by atoms with van der Waals surface area (Å²) >= 11 is 0. The van der Waals surface area contributed by atoms with Gasteiger partial charge >= 0.3 is 5.63 Å². The molecule has 2 atom stereocenters. The Morgan fingerprint density at radius 2 is 1.73 bits per heavy atom. The molecule has 0 aliphatic rings. The molecule has 0 spiro atoms. The van der Waals surface area contributed by atoms with E-state index in [0.717, 1.165) is 0 Å². The molecular weight excluding hydrogens is 196 g/mol. The SMILES string of the molecule is Cc1c(C(C)C(C)O)oc(=O)c(C)c1O. The molecule has 4 heteroatoms. The molecule has 1 aromatic heterocycles. The first-order valence-electron chi connectivity index (χ1n) is 4.87. The van der Waals surface area contributed by atoms with Crippen LogP contribution in [0.1, 0.15) is 36.7 Å². The monoisotopic (exact) mass is 212 g/mol. The molecule has 1 aromatic rings. The van der Waals surface area contributed by atoms with Crippen molar-refractivity contribution in [3.05, 3.63) is 27.3 Å². The van der Waals surface area contributed by atoms with Crippen LogP contribution in [0.4, 0.5) is 0 Å². The Kier molecular flexibility index (Phi) is 3.19. The predicted octanol–water partition coefficient (Wildman–Crippen LogP) is 1.45. The summed E-state index contributed by atoms with van der Waals surface area (Å²) in [6.07, 6.45) is -0.631. The number of hydrogen-bond acceptors (Lipinski definition) is 4. The normalized spacial score (nSPS) is 15.0. The minimum Gasteiger partial charge on any atom is -0.507 e. The highest BCUT2D eigenvalue weighted by Crippen LogP contribution is 2.28. The summed E-state index contributed by atoms with van der Waals surface area (Å²) in [5.74, 6) is -0.0175. The second-order valence-corrected chi connectivity index (χ2v) is 3.88. The predicted molar refractivity (Wildman–Crippen MR) is 56.2 cm³/mol. The van der Waals surface area contributed by atoms with Gasteiger partial charge < -0.3 is 14.6 Å². The molecule has 0 fully saturated rings. The van der Waals surface area contributed by atoms with Crippen LogP contribution in [0.5, 0.6) is 5.75 Å². The molecule has 0 saturated heterocycles. The van der Waals surface area contributed by atoms with Crippen molar-refractivity contribution >= 4 is 0 Å². The molecule has 2 N–H and O–H groups in total. The van der Waals surface area contributed by atoms with Crippen LogP contribution in [-0.4, -0.2) is 16.3 Å². The fourth-order valence-electron chi connectivity index (χ4n) is 1.40. The lowest BCUT2D eigenvalue weighted by molar-refractivity contribution is 0.155. The molecule has 2 unspecified atom stereocenters. The van der Waals surface area contributed by atoms with Gasteiger partial charge in [-0.25, -0.2) is 4.79 Å². The molecule has 4 nitrogen and oxygen atoms in total. The molecular formula is C11H16O4. The zero-order chi connectivity index (χ0) is 11.7. The van der Waals surface area contributed by atoms with Gasteiger partial charge in [0, 0.05) is 11.5 Å². The van der Waals surface area contributed by atoms with Gasteiger partial charge in [0.05, 0.1) is 11.7 Å². The third kappa shape index (κ3) is 2.04. The van der Waals surface area contributed by atoms with Gasteiger partial charge in [0.1, 0.15) is 11.5 Å². The molecule has 1 heterocycles. The second kappa shape index (κ2) is 4.06. The summed E-state index contributed by atoms with van der Waals surface area (Å²) in [5.41, 5.74) is 0.162. The summed E-state index contributed by atoms with van der Waals surface area (Å²) in [5, 5.41) is 19.1. The van der Waals surface area contributed by atoms with Crippen LogP contribution in [0.2, 0.25) is 0 Å². The van der Waals surface area contributed by atoms with E-state index >= 15 is 0 Å². The van der Waals surface area contributed by atoms with Crippen molar-refractivity contribution in [2.24, 2.45) is 0 Å². The van der Waals surface area contributed by atoms with Crippen molar-refractivity contribution in [2.75, 3.05) is 0 Å². The molecule has 1 rings (SSSR count). The number of rotatable bonds is 2. The average molecular weight is 212 g/mol. The maximum absolute atomic E-state index is 11.3. The van der Waals surface area contributed by atoms with Crippen LogP contribution < -0.4 is 5.63 Å². The molecule has 0 aliphatic heterocycles. The summed E-state index contributed by atoms with van der Waals surface area (Å²) in [6.45, 7) is 6.52. The minimum absolute atomic E-state index is 0.0475. The lowest BCUT2D eigenvalue weighted by Gasteiger charge is -2.16. The molecule has 0 aromatic carbocycles. The highest BCUT2D eigenvalue weighted by molar-refractivity contribution is 5.39. The van der Waals surface area contributed by atoms with Gasteiger partial charge in [0.2, 0.25) is 0 Å². The van der Waals surface area contributed by atoms with E-state index in [1.54, 1.807) is 20.8 Å². The van der Waals surface area contributed by atoms with Crippen molar-refractivity contribution < 1.29 is 14.6 Å².